The van der Waals surface area contributed by atoms with Crippen LogP contribution in [-0.2, 0) is 18.4 Å². The number of phosphoric ester groups is 1. The van der Waals surface area contributed by atoms with Gasteiger partial charge in [0.05, 0.1) is 39.9 Å². The fourth-order valence-corrected chi connectivity index (χ4v) is 7.62. The molecule has 3 N–H and O–H groups in total. The number of nitrogens with one attached hydrogen (secondary N) is 1. The van der Waals surface area contributed by atoms with E-state index >= 15 is 0 Å². The standard InChI is InChI=1S/C47H93N2O6P/c1-6-8-10-12-14-16-18-20-22-24-25-26-28-30-32-34-36-38-40-46(50)45(44-55-56(52,53)54-43-42-49(3,4)5)48-47(51)41-39-37-35-33-31-29-27-23-21-19-17-15-13-11-9-7-2/h30,32,38,40,45-46,50H,6-29,31,33-37,39,41-44H2,1-5H3,(H-,48,51,52,53)/p+1/b32-30+,40-38+. The Labute approximate surface area is 347 Å². The minimum absolute atomic E-state index is 0.0584. The Morgan fingerprint density at radius 1 is 0.589 bits per heavy atom. The zero-order valence-electron chi connectivity index (χ0n) is 37.6. The van der Waals surface area contributed by atoms with Gasteiger partial charge >= 0.3 is 7.82 Å². The topological polar surface area (TPSA) is 105 Å². The van der Waals surface area contributed by atoms with Gasteiger partial charge in [-0.15, -0.1) is 0 Å². The van der Waals surface area contributed by atoms with Gasteiger partial charge in [-0.05, 0) is 32.1 Å². The van der Waals surface area contributed by atoms with Gasteiger partial charge in [-0.3, -0.25) is 13.8 Å². The summed E-state index contributed by atoms with van der Waals surface area (Å²) in [5.41, 5.74) is 0. The quantitative estimate of drug-likeness (QED) is 0.0245. The number of aliphatic hydroxyl groups excluding tert-OH is 1. The largest absolute Gasteiger partial charge is 0.472 e. The number of quaternary nitrogens is 1. The summed E-state index contributed by atoms with van der Waals surface area (Å²) in [7, 11) is 1.56. The van der Waals surface area contributed by atoms with Crippen molar-refractivity contribution in [2.45, 2.75) is 231 Å². The Hall–Kier alpha value is -1.02. The number of allylic oxidation sites excluding steroid dienone is 3. The molecule has 3 atom stereocenters. The molecule has 0 rings (SSSR count). The zero-order valence-corrected chi connectivity index (χ0v) is 38.5. The van der Waals surface area contributed by atoms with Gasteiger partial charge in [-0.25, -0.2) is 4.57 Å². The smallest absolute Gasteiger partial charge is 0.387 e. The van der Waals surface area contributed by atoms with Gasteiger partial charge in [-0.1, -0.05) is 205 Å². The number of carbonyl (C=O) groups excluding carboxylic acids is 1. The van der Waals surface area contributed by atoms with Crippen LogP contribution in [0.3, 0.4) is 0 Å². The van der Waals surface area contributed by atoms with Crippen molar-refractivity contribution in [3.8, 4) is 0 Å². The summed E-state index contributed by atoms with van der Waals surface area (Å²) in [5.74, 6) is -0.184. The number of aliphatic hydroxyl groups is 1. The highest BCUT2D eigenvalue weighted by Crippen LogP contribution is 2.43. The van der Waals surface area contributed by atoms with Crippen LogP contribution >= 0.6 is 7.82 Å². The summed E-state index contributed by atoms with van der Waals surface area (Å²) in [5, 5.41) is 13.8. The van der Waals surface area contributed by atoms with Crippen molar-refractivity contribution in [1.82, 2.24) is 5.32 Å². The molecule has 0 saturated heterocycles. The number of carbonyl (C=O) groups is 1. The molecule has 0 aliphatic rings. The summed E-state index contributed by atoms with van der Waals surface area (Å²) in [6, 6.07) is -0.858. The maximum Gasteiger partial charge on any atom is 0.472 e. The summed E-state index contributed by atoms with van der Waals surface area (Å²) in [4.78, 5) is 23.1. The van der Waals surface area contributed by atoms with E-state index in [0.29, 0.717) is 17.4 Å². The number of rotatable bonds is 43. The SMILES string of the molecule is CCCCCCCCCCCCCC/C=C/CC/C=C/C(O)C(COP(=O)(O)OCC[N+](C)(C)C)NC(=O)CCCCCCCCCCCCCCCCCC. The lowest BCUT2D eigenvalue weighted by Gasteiger charge is -2.25. The van der Waals surface area contributed by atoms with Gasteiger partial charge in [0.1, 0.15) is 13.2 Å². The van der Waals surface area contributed by atoms with E-state index in [1.165, 1.54) is 161 Å². The van der Waals surface area contributed by atoms with Crippen LogP contribution in [0.2, 0.25) is 0 Å². The van der Waals surface area contributed by atoms with E-state index in [4.69, 9.17) is 9.05 Å². The first-order valence-electron chi connectivity index (χ1n) is 23.7. The van der Waals surface area contributed by atoms with Crippen molar-refractivity contribution < 1.29 is 32.9 Å². The second kappa shape index (κ2) is 39.4. The Morgan fingerprint density at radius 2 is 0.982 bits per heavy atom. The number of nitrogens with zero attached hydrogens (tertiary/aromatic N) is 1. The minimum atomic E-state index is -4.34. The van der Waals surface area contributed by atoms with Crippen molar-refractivity contribution in [1.29, 1.82) is 0 Å². The Kier molecular flexibility index (Phi) is 38.7. The highest BCUT2D eigenvalue weighted by molar-refractivity contribution is 7.47. The average molecular weight is 814 g/mol. The van der Waals surface area contributed by atoms with E-state index in [9.17, 15) is 19.4 Å². The third-order valence-corrected chi connectivity index (χ3v) is 11.7. The number of likely N-dealkylation sites (N-methyl/N-ethyl adjacent to an activating group) is 1. The van der Waals surface area contributed by atoms with Crippen LogP contribution in [0, 0.1) is 0 Å². The molecule has 0 aliphatic carbocycles. The van der Waals surface area contributed by atoms with Gasteiger partial charge in [0.2, 0.25) is 5.91 Å². The normalized spacial score (nSPS) is 14.5. The van der Waals surface area contributed by atoms with Crippen molar-refractivity contribution in [2.24, 2.45) is 0 Å². The maximum atomic E-state index is 12.9. The molecular formula is C47H94N2O6P+. The van der Waals surface area contributed by atoms with Crippen molar-refractivity contribution in [2.75, 3.05) is 40.9 Å². The van der Waals surface area contributed by atoms with Crippen LogP contribution < -0.4 is 5.32 Å². The van der Waals surface area contributed by atoms with E-state index < -0.39 is 20.0 Å². The first kappa shape index (κ1) is 55.0. The molecular weight excluding hydrogens is 719 g/mol. The van der Waals surface area contributed by atoms with E-state index in [1.54, 1.807) is 6.08 Å². The number of hydrogen-bond acceptors (Lipinski definition) is 5. The van der Waals surface area contributed by atoms with E-state index in [1.807, 2.05) is 27.2 Å². The Balaban J connectivity index is 4.41. The third kappa shape index (κ3) is 41.2. The highest BCUT2D eigenvalue weighted by atomic mass is 31.2. The highest BCUT2D eigenvalue weighted by Gasteiger charge is 2.27. The first-order chi connectivity index (χ1) is 27.0. The molecule has 1 amide bonds. The average Bonchev–Trinajstić information content (AvgIpc) is 3.15. The van der Waals surface area contributed by atoms with Crippen LogP contribution in [0.15, 0.2) is 24.3 Å². The maximum absolute atomic E-state index is 12.9. The second-order valence-electron chi connectivity index (χ2n) is 17.5. The van der Waals surface area contributed by atoms with Crippen LogP contribution in [0.25, 0.3) is 0 Å². The predicted molar refractivity (Wildman–Crippen MR) is 240 cm³/mol. The van der Waals surface area contributed by atoms with Gasteiger partial charge in [0.15, 0.2) is 0 Å². The fourth-order valence-electron chi connectivity index (χ4n) is 6.88. The summed E-state index contributed by atoms with van der Waals surface area (Å²) < 4.78 is 23.6. The minimum Gasteiger partial charge on any atom is -0.387 e. The van der Waals surface area contributed by atoms with Crippen LogP contribution in [-0.4, -0.2) is 73.4 Å². The van der Waals surface area contributed by atoms with E-state index in [-0.39, 0.29) is 19.1 Å². The molecule has 0 saturated carbocycles. The number of hydrogen-bond donors (Lipinski definition) is 3. The summed E-state index contributed by atoms with van der Waals surface area (Å²) in [6.07, 6.45) is 46.8. The second-order valence-corrected chi connectivity index (χ2v) is 18.9. The lowest BCUT2D eigenvalue weighted by atomic mass is 10.0. The van der Waals surface area contributed by atoms with Crippen molar-refractivity contribution in [3.63, 3.8) is 0 Å². The predicted octanol–water partition coefficient (Wildman–Crippen LogP) is 13.3. The van der Waals surface area contributed by atoms with E-state index in [0.717, 1.165) is 38.5 Å². The molecule has 332 valence electrons. The van der Waals surface area contributed by atoms with Crippen LogP contribution in [0.5, 0.6) is 0 Å². The molecule has 0 aromatic rings. The van der Waals surface area contributed by atoms with Gasteiger partial charge in [0.25, 0.3) is 0 Å². The molecule has 0 radical (unpaired) electrons. The molecule has 0 aromatic carbocycles. The number of amides is 1. The van der Waals surface area contributed by atoms with Gasteiger partial charge in [0, 0.05) is 6.42 Å². The molecule has 9 heteroatoms. The van der Waals surface area contributed by atoms with Crippen LogP contribution in [0.4, 0.5) is 0 Å². The van der Waals surface area contributed by atoms with Gasteiger partial charge < -0.3 is 19.8 Å². The molecule has 0 aromatic heterocycles. The fraction of sp³-hybridized carbons (Fsp3) is 0.894. The van der Waals surface area contributed by atoms with E-state index in [2.05, 4.69) is 31.3 Å². The van der Waals surface area contributed by atoms with Crippen LogP contribution in [0.1, 0.15) is 219 Å². The lowest BCUT2D eigenvalue weighted by molar-refractivity contribution is -0.870. The molecule has 3 unspecified atom stereocenters. The van der Waals surface area contributed by atoms with Crippen molar-refractivity contribution >= 4 is 13.7 Å². The summed E-state index contributed by atoms with van der Waals surface area (Å²) >= 11 is 0. The van der Waals surface area contributed by atoms with Gasteiger partial charge in [-0.2, -0.15) is 0 Å². The molecule has 0 fully saturated rings. The monoisotopic (exact) mass is 814 g/mol. The molecule has 0 heterocycles. The molecule has 0 bridgehead atoms. The Morgan fingerprint density at radius 3 is 1.43 bits per heavy atom. The van der Waals surface area contributed by atoms with Crippen molar-refractivity contribution in [3.05, 3.63) is 24.3 Å². The molecule has 56 heavy (non-hydrogen) atoms. The third-order valence-electron chi connectivity index (χ3n) is 10.7. The molecule has 0 aliphatic heterocycles. The molecule has 8 nitrogen and oxygen atoms in total. The Bertz CT molecular complexity index is 969. The molecule has 0 spiro atoms. The number of unbranched alkanes of at least 4 members (excludes halogenated alkanes) is 28. The number of phosphoric acid groups is 1. The summed E-state index contributed by atoms with van der Waals surface area (Å²) in [6.45, 7) is 4.81. The zero-order chi connectivity index (χ0) is 41.4. The lowest BCUT2D eigenvalue weighted by Crippen LogP contribution is -2.45. The first-order valence-corrected chi connectivity index (χ1v) is 25.2.